The smallest absolute Gasteiger partial charge is 0.344 e. The van der Waals surface area contributed by atoms with E-state index in [0.717, 1.165) is 82.2 Å². The van der Waals surface area contributed by atoms with Crippen molar-refractivity contribution in [1.82, 2.24) is 15.0 Å². The third-order valence-electron chi connectivity index (χ3n) is 9.54. The average Bonchev–Trinajstić information content (AvgIpc) is 3.40. The van der Waals surface area contributed by atoms with Gasteiger partial charge in [0.15, 0.2) is 0 Å². The molecule has 6 atom stereocenters. The van der Waals surface area contributed by atoms with Crippen LogP contribution in [0.1, 0.15) is 83.7 Å². The molecular formula is C26H38N4O4. The van der Waals surface area contributed by atoms with Crippen LogP contribution >= 0.6 is 0 Å². The van der Waals surface area contributed by atoms with E-state index in [4.69, 9.17) is 9.94 Å². The zero-order valence-electron chi connectivity index (χ0n) is 20.4. The van der Waals surface area contributed by atoms with E-state index in [9.17, 15) is 9.90 Å². The summed E-state index contributed by atoms with van der Waals surface area (Å²) in [6.45, 7) is 4.94. The monoisotopic (exact) mass is 470 g/mol. The summed E-state index contributed by atoms with van der Waals surface area (Å²) in [6.07, 6.45) is 14.4. The molecule has 4 aliphatic rings. The molecule has 1 aromatic heterocycles. The van der Waals surface area contributed by atoms with Crippen LogP contribution in [0.5, 0.6) is 0 Å². The second-order valence-electron chi connectivity index (χ2n) is 11.2. The van der Waals surface area contributed by atoms with Gasteiger partial charge in [0.1, 0.15) is 11.3 Å². The number of fused-ring (bicyclic) bond motifs is 5. The number of hydrogen-bond donors (Lipinski definition) is 2. The van der Waals surface area contributed by atoms with Gasteiger partial charge in [-0.2, -0.15) is 0 Å². The Morgan fingerprint density at radius 3 is 2.88 bits per heavy atom. The van der Waals surface area contributed by atoms with Gasteiger partial charge >= 0.3 is 5.97 Å². The lowest BCUT2D eigenvalue weighted by atomic mass is 9.50. The molecule has 1 heterocycles. The van der Waals surface area contributed by atoms with Crippen LogP contribution in [0, 0.1) is 29.1 Å². The number of carboxylic acids is 1. The Kier molecular flexibility index (Phi) is 6.29. The third kappa shape index (κ3) is 3.88. The van der Waals surface area contributed by atoms with Gasteiger partial charge in [-0.3, -0.25) is 4.68 Å². The van der Waals surface area contributed by atoms with Crippen LogP contribution < -0.4 is 0 Å². The number of aryl methyl sites for hydroxylation is 1. The molecule has 0 spiro atoms. The number of aromatic nitrogens is 3. The Hall–Kier alpha value is -2.22. The second-order valence-corrected chi connectivity index (χ2v) is 11.2. The largest absolute Gasteiger partial charge is 0.479 e. The Balaban J connectivity index is 1.32. The van der Waals surface area contributed by atoms with Gasteiger partial charge in [-0.1, -0.05) is 36.2 Å². The molecule has 6 unspecified atom stereocenters. The molecule has 8 heteroatoms. The lowest BCUT2D eigenvalue weighted by molar-refractivity contribution is -0.142. The summed E-state index contributed by atoms with van der Waals surface area (Å²) in [7, 11) is 0. The van der Waals surface area contributed by atoms with Gasteiger partial charge in [0.25, 0.3) is 0 Å². The van der Waals surface area contributed by atoms with E-state index in [1.165, 1.54) is 5.57 Å². The van der Waals surface area contributed by atoms with Gasteiger partial charge in [0, 0.05) is 12.0 Å². The van der Waals surface area contributed by atoms with Gasteiger partial charge in [-0.05, 0) is 87.5 Å². The molecule has 5 rings (SSSR count). The standard InChI is InChI=1S/C26H38N4O4/c1-3-4-13-30-15-23(27-29-30)26(33)12-10-22-21-7-5-17-14-18(28-34-16-24(31)32)6-8-19(17)20(21)9-11-25(22,26)2/h14-15,19-22,33H,3-13,16H2,1-2H3,(H,31,32). The van der Waals surface area contributed by atoms with E-state index in [1.807, 2.05) is 10.9 Å². The minimum atomic E-state index is -1.00. The van der Waals surface area contributed by atoms with Gasteiger partial charge < -0.3 is 15.1 Å². The van der Waals surface area contributed by atoms with Crippen LogP contribution in [0.4, 0.5) is 0 Å². The van der Waals surface area contributed by atoms with Gasteiger partial charge in [0.05, 0.1) is 11.9 Å². The predicted molar refractivity (Wildman–Crippen MR) is 127 cm³/mol. The van der Waals surface area contributed by atoms with E-state index in [-0.39, 0.29) is 5.41 Å². The molecule has 0 bridgehead atoms. The molecule has 8 nitrogen and oxygen atoms in total. The third-order valence-corrected chi connectivity index (χ3v) is 9.54. The highest BCUT2D eigenvalue weighted by atomic mass is 16.6. The van der Waals surface area contributed by atoms with Gasteiger partial charge in [0.2, 0.25) is 6.61 Å². The first-order chi connectivity index (χ1) is 16.4. The fraction of sp³-hybridized carbons (Fsp3) is 0.769. The number of aliphatic carboxylic acids is 1. The highest BCUT2D eigenvalue weighted by Crippen LogP contribution is 2.67. The number of carboxylic acid groups (broad SMARTS) is 1. The summed E-state index contributed by atoms with van der Waals surface area (Å²) in [4.78, 5) is 15.7. The Morgan fingerprint density at radius 2 is 2.09 bits per heavy atom. The molecule has 34 heavy (non-hydrogen) atoms. The molecular weight excluding hydrogens is 432 g/mol. The number of oxime groups is 1. The predicted octanol–water partition coefficient (Wildman–Crippen LogP) is 4.30. The van der Waals surface area contributed by atoms with Crippen molar-refractivity contribution in [3.63, 3.8) is 0 Å². The lowest BCUT2D eigenvalue weighted by Gasteiger charge is -2.55. The van der Waals surface area contributed by atoms with E-state index in [2.05, 4.69) is 35.4 Å². The number of hydrogen-bond acceptors (Lipinski definition) is 6. The molecule has 3 fully saturated rings. The highest BCUT2D eigenvalue weighted by molar-refractivity contribution is 5.96. The van der Waals surface area contributed by atoms with E-state index in [0.29, 0.717) is 23.7 Å². The number of unbranched alkanes of at least 4 members (excludes halogenated alkanes) is 1. The van der Waals surface area contributed by atoms with Crippen LogP contribution in [0.2, 0.25) is 0 Å². The fourth-order valence-electron chi connectivity index (χ4n) is 7.79. The van der Waals surface area contributed by atoms with E-state index < -0.39 is 18.2 Å². The number of rotatable bonds is 7. The SMILES string of the molecule is CCCCn1cc(C2(O)CCC3C4CCC5=CC(=NOCC(=O)O)CCC5C4CCC32C)nn1. The van der Waals surface area contributed by atoms with Gasteiger partial charge in [-0.25, -0.2) is 4.79 Å². The van der Waals surface area contributed by atoms with Crippen molar-refractivity contribution in [1.29, 1.82) is 0 Å². The Bertz CT molecular complexity index is 987. The van der Waals surface area contributed by atoms with Crippen molar-refractivity contribution in [2.45, 2.75) is 90.2 Å². The number of aliphatic hydroxyl groups is 1. The number of allylic oxidation sites excluding steroid dienone is 2. The molecule has 0 saturated heterocycles. The first kappa shape index (κ1) is 23.5. The maximum absolute atomic E-state index is 12.0. The van der Waals surface area contributed by atoms with Crippen LogP contribution in [0.25, 0.3) is 0 Å². The molecule has 2 N–H and O–H groups in total. The zero-order chi connectivity index (χ0) is 23.9. The van der Waals surface area contributed by atoms with E-state index in [1.54, 1.807) is 0 Å². The maximum atomic E-state index is 12.0. The van der Waals surface area contributed by atoms with Crippen molar-refractivity contribution in [3.8, 4) is 0 Å². The van der Waals surface area contributed by atoms with Gasteiger partial charge in [-0.15, -0.1) is 5.10 Å². The fourth-order valence-corrected chi connectivity index (χ4v) is 7.79. The second kappa shape index (κ2) is 9.10. The summed E-state index contributed by atoms with van der Waals surface area (Å²) < 4.78 is 1.90. The van der Waals surface area contributed by atoms with Crippen LogP contribution in [-0.2, 0) is 21.8 Å². The minimum Gasteiger partial charge on any atom is -0.479 e. The van der Waals surface area contributed by atoms with Crippen LogP contribution in [-0.4, -0.2) is 43.5 Å². The molecule has 1 aromatic rings. The summed E-state index contributed by atoms with van der Waals surface area (Å²) in [5.74, 6) is 1.36. The van der Waals surface area contributed by atoms with Crippen LogP contribution in [0.15, 0.2) is 23.0 Å². The highest BCUT2D eigenvalue weighted by Gasteiger charge is 2.63. The quantitative estimate of drug-likeness (QED) is 0.575. The first-order valence-corrected chi connectivity index (χ1v) is 13.1. The van der Waals surface area contributed by atoms with Crippen LogP contribution in [0.3, 0.4) is 0 Å². The summed E-state index contributed by atoms with van der Waals surface area (Å²) >= 11 is 0. The van der Waals surface area contributed by atoms with Crippen molar-refractivity contribution < 1.29 is 19.8 Å². The van der Waals surface area contributed by atoms with Crippen molar-refractivity contribution in [3.05, 3.63) is 23.5 Å². The minimum absolute atomic E-state index is 0.160. The Labute approximate surface area is 201 Å². The Morgan fingerprint density at radius 1 is 1.24 bits per heavy atom. The summed E-state index contributed by atoms with van der Waals surface area (Å²) in [5, 5.41) is 33.7. The molecule has 4 aliphatic carbocycles. The first-order valence-electron chi connectivity index (χ1n) is 13.1. The molecule has 0 aromatic carbocycles. The van der Waals surface area contributed by atoms with E-state index >= 15 is 0 Å². The summed E-state index contributed by atoms with van der Waals surface area (Å²) in [5.41, 5.74) is 2.04. The molecule has 3 saturated carbocycles. The average molecular weight is 471 g/mol. The normalized spacial score (nSPS) is 38.1. The zero-order valence-corrected chi connectivity index (χ0v) is 20.4. The molecule has 0 amide bonds. The van der Waals surface area contributed by atoms with Crippen molar-refractivity contribution in [2.75, 3.05) is 6.61 Å². The lowest BCUT2D eigenvalue weighted by Crippen LogP contribution is -2.51. The number of nitrogens with zero attached hydrogens (tertiary/aromatic N) is 4. The van der Waals surface area contributed by atoms with Crippen molar-refractivity contribution in [2.24, 2.45) is 34.2 Å². The van der Waals surface area contributed by atoms with Crippen molar-refractivity contribution >= 4 is 11.7 Å². The maximum Gasteiger partial charge on any atom is 0.344 e. The number of carbonyl (C=O) groups is 1. The molecule has 186 valence electrons. The summed E-state index contributed by atoms with van der Waals surface area (Å²) in [6, 6.07) is 0. The molecule has 0 aliphatic heterocycles. The topological polar surface area (TPSA) is 110 Å². The molecule has 0 radical (unpaired) electrons.